The number of aliphatic carboxylic acids is 1. The van der Waals surface area contributed by atoms with Gasteiger partial charge < -0.3 is 19.6 Å². The second kappa shape index (κ2) is 7.72. The first-order chi connectivity index (χ1) is 9.22. The van der Waals surface area contributed by atoms with Gasteiger partial charge in [0.1, 0.15) is 12.1 Å². The Morgan fingerprint density at radius 1 is 1.10 bits per heavy atom. The molecule has 1 N–H and O–H groups in total. The zero-order chi connectivity index (χ0) is 15.9. The maximum atomic E-state index is 12.4. The van der Waals surface area contributed by atoms with E-state index in [1.54, 1.807) is 20.8 Å². The van der Waals surface area contributed by atoms with Crippen molar-refractivity contribution in [2.45, 2.75) is 40.2 Å². The van der Waals surface area contributed by atoms with Crippen LogP contribution in [-0.2, 0) is 14.3 Å². The van der Waals surface area contributed by atoms with Crippen LogP contribution >= 0.6 is 0 Å². The molecule has 0 aliphatic heterocycles. The number of carbonyl (C=O) groups excluding carboxylic acids is 2. The minimum absolute atomic E-state index is 0.185. The zero-order valence-electron chi connectivity index (χ0n) is 12.8. The predicted octanol–water partition coefficient (Wildman–Crippen LogP) is 1.18. The Labute approximate surface area is 119 Å². The number of ether oxygens (including phenoxy) is 1. The first-order valence-electron chi connectivity index (χ1n) is 6.67. The Kier molecular flexibility index (Phi) is 7.02. The molecule has 0 aliphatic rings. The van der Waals surface area contributed by atoms with Crippen LogP contribution in [0.5, 0.6) is 0 Å². The van der Waals surface area contributed by atoms with Crippen LogP contribution in [0.2, 0.25) is 0 Å². The van der Waals surface area contributed by atoms with E-state index in [0.717, 1.165) is 0 Å². The predicted molar refractivity (Wildman–Crippen MR) is 73.4 cm³/mol. The van der Waals surface area contributed by atoms with E-state index < -0.39 is 23.5 Å². The lowest BCUT2D eigenvalue weighted by Gasteiger charge is -2.37. The van der Waals surface area contributed by atoms with Crippen LogP contribution in [0.1, 0.15) is 34.6 Å². The van der Waals surface area contributed by atoms with Crippen molar-refractivity contribution < 1.29 is 24.2 Å². The molecule has 0 aromatic rings. The first-order valence-corrected chi connectivity index (χ1v) is 6.67. The Bertz CT molecular complexity index is 368. The van der Waals surface area contributed by atoms with E-state index in [1.807, 2.05) is 0 Å². The summed E-state index contributed by atoms with van der Waals surface area (Å²) in [6.45, 7) is 8.59. The minimum atomic E-state index is -1.34. The lowest BCUT2D eigenvalue weighted by atomic mass is 10.0. The van der Waals surface area contributed by atoms with Gasteiger partial charge in [0.25, 0.3) is 0 Å². The Morgan fingerprint density at radius 2 is 1.65 bits per heavy atom. The number of rotatable bonds is 7. The molecule has 0 rings (SSSR count). The van der Waals surface area contributed by atoms with Gasteiger partial charge in [-0.15, -0.1) is 0 Å². The normalized spacial score (nSPS) is 10.8. The molecule has 0 fully saturated rings. The highest BCUT2D eigenvalue weighted by Gasteiger charge is 2.38. The van der Waals surface area contributed by atoms with Crippen LogP contribution in [0.25, 0.3) is 0 Å². The Morgan fingerprint density at radius 3 is 2.00 bits per heavy atom. The maximum absolute atomic E-state index is 12.4. The molecule has 0 heterocycles. The molecule has 0 aliphatic carbocycles. The van der Waals surface area contributed by atoms with E-state index in [0.29, 0.717) is 6.54 Å². The Balaban J connectivity index is 5.05. The number of hydrogen-bond acceptors (Lipinski definition) is 4. The fraction of sp³-hybridized carbons (Fsp3) is 0.769. The first kappa shape index (κ1) is 18.2. The maximum Gasteiger partial charge on any atom is 0.329 e. The van der Waals surface area contributed by atoms with Crippen molar-refractivity contribution in [3.63, 3.8) is 0 Å². The summed E-state index contributed by atoms with van der Waals surface area (Å²) < 4.78 is 4.80. The number of esters is 1. The number of hydrogen-bond donors (Lipinski definition) is 1. The van der Waals surface area contributed by atoms with Crippen LogP contribution in [0.15, 0.2) is 0 Å². The van der Waals surface area contributed by atoms with E-state index in [-0.39, 0.29) is 19.7 Å². The summed E-state index contributed by atoms with van der Waals surface area (Å²) in [6, 6.07) is -0.490. The highest BCUT2D eigenvalue weighted by molar-refractivity contribution is 5.87. The lowest BCUT2D eigenvalue weighted by molar-refractivity contribution is -0.148. The summed E-state index contributed by atoms with van der Waals surface area (Å²) >= 11 is 0. The monoisotopic (exact) mass is 288 g/mol. The van der Waals surface area contributed by atoms with Gasteiger partial charge in [-0.25, -0.2) is 9.59 Å². The van der Waals surface area contributed by atoms with Crippen molar-refractivity contribution in [3.05, 3.63) is 0 Å². The van der Waals surface area contributed by atoms with Gasteiger partial charge in [-0.1, -0.05) is 0 Å². The van der Waals surface area contributed by atoms with Gasteiger partial charge in [0.15, 0.2) is 0 Å². The number of urea groups is 1. The summed E-state index contributed by atoms with van der Waals surface area (Å²) in [5.41, 5.74) is -1.34. The van der Waals surface area contributed by atoms with Gasteiger partial charge in [0, 0.05) is 13.1 Å². The van der Waals surface area contributed by atoms with E-state index in [4.69, 9.17) is 4.74 Å². The van der Waals surface area contributed by atoms with Crippen molar-refractivity contribution >= 4 is 18.0 Å². The number of carboxylic acid groups (broad SMARTS) is 1. The standard InChI is InChI=1S/C13H24N2O5/c1-6-14(9-10(16)20-8-3)12(19)15(7-2)13(4,5)11(17)18/h6-9H2,1-5H3,(H,17,18). The lowest BCUT2D eigenvalue weighted by Crippen LogP contribution is -2.57. The van der Waals surface area contributed by atoms with Crippen molar-refractivity contribution in [1.29, 1.82) is 0 Å². The summed E-state index contributed by atoms with van der Waals surface area (Å²) in [4.78, 5) is 37.6. The molecule has 7 nitrogen and oxygen atoms in total. The zero-order valence-corrected chi connectivity index (χ0v) is 12.8. The largest absolute Gasteiger partial charge is 0.480 e. The van der Waals surface area contributed by atoms with Crippen LogP contribution in [0.3, 0.4) is 0 Å². The van der Waals surface area contributed by atoms with Crippen molar-refractivity contribution in [3.8, 4) is 0 Å². The fourth-order valence-electron chi connectivity index (χ4n) is 1.73. The van der Waals surface area contributed by atoms with Gasteiger partial charge >= 0.3 is 18.0 Å². The summed E-state index contributed by atoms with van der Waals surface area (Å²) in [5.74, 6) is -1.60. The molecule has 116 valence electrons. The molecule has 0 spiro atoms. The third-order valence-electron chi connectivity index (χ3n) is 3.02. The average molecular weight is 288 g/mol. The van der Waals surface area contributed by atoms with Crippen LogP contribution < -0.4 is 0 Å². The highest BCUT2D eigenvalue weighted by Crippen LogP contribution is 2.17. The molecule has 0 aromatic heterocycles. The molecule has 0 saturated heterocycles. The molecule has 0 atom stereocenters. The van der Waals surface area contributed by atoms with E-state index in [1.165, 1.54) is 23.6 Å². The molecular formula is C13H24N2O5. The molecule has 0 bridgehead atoms. The van der Waals surface area contributed by atoms with Gasteiger partial charge in [-0.3, -0.25) is 4.79 Å². The molecule has 20 heavy (non-hydrogen) atoms. The fourth-order valence-corrected chi connectivity index (χ4v) is 1.73. The molecule has 0 aromatic carbocycles. The summed E-state index contributed by atoms with van der Waals surface area (Å²) in [6.07, 6.45) is 0. The SMILES string of the molecule is CCOC(=O)CN(CC)C(=O)N(CC)C(C)(C)C(=O)O. The topological polar surface area (TPSA) is 87.2 Å². The minimum Gasteiger partial charge on any atom is -0.480 e. The van der Waals surface area contributed by atoms with Crippen molar-refractivity contribution in [2.24, 2.45) is 0 Å². The number of carboxylic acids is 1. The highest BCUT2D eigenvalue weighted by atomic mass is 16.5. The molecule has 0 saturated carbocycles. The van der Waals surface area contributed by atoms with Gasteiger partial charge in [-0.2, -0.15) is 0 Å². The smallest absolute Gasteiger partial charge is 0.329 e. The molecule has 0 radical (unpaired) electrons. The van der Waals surface area contributed by atoms with Gasteiger partial charge in [0.2, 0.25) is 0 Å². The van der Waals surface area contributed by atoms with Crippen LogP contribution in [0.4, 0.5) is 4.79 Å². The molecule has 2 amide bonds. The molecule has 0 unspecified atom stereocenters. The second-order valence-electron chi connectivity index (χ2n) is 4.71. The second-order valence-corrected chi connectivity index (χ2v) is 4.71. The Hall–Kier alpha value is -1.79. The van der Waals surface area contributed by atoms with E-state index in [2.05, 4.69) is 0 Å². The van der Waals surface area contributed by atoms with Crippen molar-refractivity contribution in [2.75, 3.05) is 26.2 Å². The molecular weight excluding hydrogens is 264 g/mol. The third kappa shape index (κ3) is 4.40. The summed E-state index contributed by atoms with van der Waals surface area (Å²) in [7, 11) is 0. The summed E-state index contributed by atoms with van der Waals surface area (Å²) in [5, 5.41) is 9.21. The molecule has 7 heteroatoms. The number of nitrogens with zero attached hydrogens (tertiary/aromatic N) is 2. The van der Waals surface area contributed by atoms with E-state index in [9.17, 15) is 19.5 Å². The van der Waals surface area contributed by atoms with Crippen LogP contribution in [0, 0.1) is 0 Å². The average Bonchev–Trinajstić information content (AvgIpc) is 2.36. The third-order valence-corrected chi connectivity index (χ3v) is 3.02. The van der Waals surface area contributed by atoms with Gasteiger partial charge in [-0.05, 0) is 34.6 Å². The number of likely N-dealkylation sites (N-methyl/N-ethyl adjacent to an activating group) is 2. The number of carbonyl (C=O) groups is 3. The van der Waals surface area contributed by atoms with Crippen LogP contribution in [-0.4, -0.2) is 64.7 Å². The quantitative estimate of drug-likeness (QED) is 0.711. The van der Waals surface area contributed by atoms with Crippen molar-refractivity contribution in [1.82, 2.24) is 9.80 Å². The van der Waals surface area contributed by atoms with E-state index >= 15 is 0 Å². The number of amides is 2. The van der Waals surface area contributed by atoms with Gasteiger partial charge in [0.05, 0.1) is 6.61 Å².